The molecule has 2 heteroatoms. The van der Waals surface area contributed by atoms with Gasteiger partial charge < -0.3 is 9.47 Å². The lowest BCUT2D eigenvalue weighted by Gasteiger charge is -2.05. The highest BCUT2D eigenvalue weighted by atomic mass is 16.5. The summed E-state index contributed by atoms with van der Waals surface area (Å²) in [5.74, 6) is 2.27. The molecule has 0 bridgehead atoms. The highest BCUT2D eigenvalue weighted by Crippen LogP contribution is 2.22. The summed E-state index contributed by atoms with van der Waals surface area (Å²) in [5.41, 5.74) is 0. The SMILES string of the molecule is COc1[c]cc(Oc2ccccc2)cc1. The quantitative estimate of drug-likeness (QED) is 0.755. The summed E-state index contributed by atoms with van der Waals surface area (Å²) in [6.07, 6.45) is 0. The molecule has 2 nitrogen and oxygen atoms in total. The predicted molar refractivity (Wildman–Crippen MR) is 58.3 cm³/mol. The van der Waals surface area contributed by atoms with E-state index in [1.54, 1.807) is 13.2 Å². The van der Waals surface area contributed by atoms with Gasteiger partial charge in [-0.2, -0.15) is 0 Å². The van der Waals surface area contributed by atoms with Crippen molar-refractivity contribution < 1.29 is 9.47 Å². The van der Waals surface area contributed by atoms with Gasteiger partial charge in [0.05, 0.1) is 7.11 Å². The third-order valence-corrected chi connectivity index (χ3v) is 1.95. The monoisotopic (exact) mass is 199 g/mol. The summed E-state index contributed by atoms with van der Waals surface area (Å²) >= 11 is 0. The fourth-order valence-corrected chi connectivity index (χ4v) is 1.21. The maximum atomic E-state index is 5.59. The molecule has 0 aliphatic heterocycles. The van der Waals surface area contributed by atoms with Gasteiger partial charge >= 0.3 is 0 Å². The average molecular weight is 199 g/mol. The number of methoxy groups -OCH3 is 1. The fraction of sp³-hybridized carbons (Fsp3) is 0.0769. The van der Waals surface area contributed by atoms with Crippen LogP contribution in [0.4, 0.5) is 0 Å². The fourth-order valence-electron chi connectivity index (χ4n) is 1.21. The number of benzene rings is 2. The summed E-state index contributed by atoms with van der Waals surface area (Å²) in [7, 11) is 1.61. The van der Waals surface area contributed by atoms with Crippen molar-refractivity contribution in [2.75, 3.05) is 7.11 Å². The third kappa shape index (κ3) is 2.50. The minimum atomic E-state index is 0.704. The van der Waals surface area contributed by atoms with Gasteiger partial charge in [0.15, 0.2) is 0 Å². The molecule has 0 aliphatic carbocycles. The molecular weight excluding hydrogens is 188 g/mol. The molecule has 0 saturated carbocycles. The van der Waals surface area contributed by atoms with Crippen LogP contribution in [0, 0.1) is 6.07 Å². The maximum Gasteiger partial charge on any atom is 0.128 e. The van der Waals surface area contributed by atoms with Gasteiger partial charge in [0.25, 0.3) is 0 Å². The van der Waals surface area contributed by atoms with E-state index in [0.29, 0.717) is 5.75 Å². The Morgan fingerprint density at radius 1 is 0.933 bits per heavy atom. The van der Waals surface area contributed by atoms with Crippen molar-refractivity contribution >= 4 is 0 Å². The van der Waals surface area contributed by atoms with Crippen molar-refractivity contribution in [2.45, 2.75) is 0 Å². The van der Waals surface area contributed by atoms with Gasteiger partial charge in [-0.3, -0.25) is 0 Å². The van der Waals surface area contributed by atoms with Gasteiger partial charge in [0.1, 0.15) is 17.2 Å². The lowest BCUT2D eigenvalue weighted by molar-refractivity contribution is 0.412. The molecule has 2 aromatic carbocycles. The van der Waals surface area contributed by atoms with Gasteiger partial charge in [0.2, 0.25) is 0 Å². The molecule has 0 N–H and O–H groups in total. The van der Waals surface area contributed by atoms with Gasteiger partial charge in [-0.25, -0.2) is 0 Å². The predicted octanol–water partition coefficient (Wildman–Crippen LogP) is 3.29. The number of ether oxygens (including phenoxy) is 2. The van der Waals surface area contributed by atoms with E-state index in [2.05, 4.69) is 6.07 Å². The standard InChI is InChI=1S/C13H11O2/c1-14-11-7-9-13(10-8-11)15-12-5-3-2-4-6-12/h2-7,9-10H,1H3. The van der Waals surface area contributed by atoms with Crippen molar-refractivity contribution in [3.63, 3.8) is 0 Å². The van der Waals surface area contributed by atoms with Crippen LogP contribution in [0.1, 0.15) is 0 Å². The minimum absolute atomic E-state index is 0.704. The first-order valence-electron chi connectivity index (χ1n) is 4.67. The van der Waals surface area contributed by atoms with Crippen LogP contribution in [-0.2, 0) is 0 Å². The zero-order valence-corrected chi connectivity index (χ0v) is 8.44. The van der Waals surface area contributed by atoms with Crippen LogP contribution in [0.5, 0.6) is 17.2 Å². The highest BCUT2D eigenvalue weighted by Gasteiger charge is 1.96. The maximum absolute atomic E-state index is 5.59. The molecule has 1 radical (unpaired) electrons. The van der Waals surface area contributed by atoms with Crippen LogP contribution >= 0.6 is 0 Å². The minimum Gasteiger partial charge on any atom is -0.496 e. The second kappa shape index (κ2) is 4.51. The second-order valence-electron chi connectivity index (χ2n) is 3.01. The van der Waals surface area contributed by atoms with Crippen LogP contribution in [0.2, 0.25) is 0 Å². The van der Waals surface area contributed by atoms with Crippen LogP contribution in [0.3, 0.4) is 0 Å². The molecule has 2 rings (SSSR count). The Balaban J connectivity index is 2.11. The van der Waals surface area contributed by atoms with Crippen LogP contribution < -0.4 is 9.47 Å². The van der Waals surface area contributed by atoms with Crippen molar-refractivity contribution in [3.8, 4) is 17.2 Å². The zero-order chi connectivity index (χ0) is 10.5. The second-order valence-corrected chi connectivity index (χ2v) is 3.01. The molecule has 75 valence electrons. The Kier molecular flexibility index (Phi) is 2.88. The number of hydrogen-bond acceptors (Lipinski definition) is 2. The zero-order valence-electron chi connectivity index (χ0n) is 8.44. The molecule has 2 aromatic rings. The van der Waals surface area contributed by atoms with E-state index < -0.39 is 0 Å². The number of para-hydroxylation sites is 1. The van der Waals surface area contributed by atoms with E-state index in [-0.39, 0.29) is 0 Å². The highest BCUT2D eigenvalue weighted by molar-refractivity contribution is 5.34. The van der Waals surface area contributed by atoms with E-state index in [4.69, 9.17) is 9.47 Å². The Morgan fingerprint density at radius 2 is 1.73 bits per heavy atom. The summed E-state index contributed by atoms with van der Waals surface area (Å²) in [5, 5.41) is 0. The molecule has 0 atom stereocenters. The van der Waals surface area contributed by atoms with Crippen molar-refractivity contribution in [3.05, 3.63) is 54.6 Å². The Hall–Kier alpha value is -1.96. The first kappa shape index (κ1) is 9.59. The lowest BCUT2D eigenvalue weighted by Crippen LogP contribution is -1.85. The molecule has 0 heterocycles. The van der Waals surface area contributed by atoms with E-state index in [1.165, 1.54) is 0 Å². The molecule has 0 fully saturated rings. The summed E-state index contributed by atoms with van der Waals surface area (Å²) in [4.78, 5) is 0. The van der Waals surface area contributed by atoms with Gasteiger partial charge in [-0.15, -0.1) is 0 Å². The van der Waals surface area contributed by atoms with Crippen LogP contribution in [0.25, 0.3) is 0 Å². The van der Waals surface area contributed by atoms with Crippen LogP contribution in [-0.4, -0.2) is 7.11 Å². The van der Waals surface area contributed by atoms with Crippen LogP contribution in [0.15, 0.2) is 48.5 Å². The molecule has 15 heavy (non-hydrogen) atoms. The summed E-state index contributed by atoms with van der Waals surface area (Å²) < 4.78 is 10.6. The van der Waals surface area contributed by atoms with Crippen molar-refractivity contribution in [1.82, 2.24) is 0 Å². The largest absolute Gasteiger partial charge is 0.496 e. The van der Waals surface area contributed by atoms with Gasteiger partial charge in [-0.05, 0) is 30.3 Å². The topological polar surface area (TPSA) is 18.5 Å². The molecule has 0 aromatic heterocycles. The molecule has 0 spiro atoms. The first-order chi connectivity index (χ1) is 7.38. The molecule has 0 aliphatic rings. The Morgan fingerprint density at radius 3 is 2.33 bits per heavy atom. The molecule has 0 amide bonds. The van der Waals surface area contributed by atoms with E-state index >= 15 is 0 Å². The number of hydrogen-bond donors (Lipinski definition) is 0. The average Bonchev–Trinajstić information content (AvgIpc) is 2.31. The molecule has 0 unspecified atom stereocenters. The van der Waals surface area contributed by atoms with Gasteiger partial charge in [0, 0.05) is 6.07 Å². The van der Waals surface area contributed by atoms with Crippen molar-refractivity contribution in [1.29, 1.82) is 0 Å². The normalized spacial score (nSPS) is 9.67. The third-order valence-electron chi connectivity index (χ3n) is 1.95. The van der Waals surface area contributed by atoms with E-state index in [1.807, 2.05) is 42.5 Å². The first-order valence-corrected chi connectivity index (χ1v) is 4.67. The lowest BCUT2D eigenvalue weighted by atomic mass is 10.3. The smallest absolute Gasteiger partial charge is 0.128 e. The summed E-state index contributed by atoms with van der Waals surface area (Å²) in [6.45, 7) is 0. The van der Waals surface area contributed by atoms with Gasteiger partial charge in [-0.1, -0.05) is 18.2 Å². The van der Waals surface area contributed by atoms with Crippen molar-refractivity contribution in [2.24, 2.45) is 0 Å². The Labute approximate surface area is 89.1 Å². The molecular formula is C13H11O2. The van der Waals surface area contributed by atoms with E-state index in [0.717, 1.165) is 11.5 Å². The Bertz CT molecular complexity index is 406. The summed E-state index contributed by atoms with van der Waals surface area (Å²) in [6, 6.07) is 18.0. The molecule has 0 saturated heterocycles. The van der Waals surface area contributed by atoms with E-state index in [9.17, 15) is 0 Å². The number of rotatable bonds is 3.